The van der Waals surface area contributed by atoms with Crippen molar-refractivity contribution >= 4 is 5.97 Å². The maximum absolute atomic E-state index is 11.5. The van der Waals surface area contributed by atoms with E-state index in [1.807, 2.05) is 19.9 Å². The Morgan fingerprint density at radius 2 is 2.06 bits per heavy atom. The van der Waals surface area contributed by atoms with Gasteiger partial charge < -0.3 is 9.47 Å². The molecular weight excluding hydrogens is 206 g/mol. The molecule has 0 radical (unpaired) electrons. The first-order valence-corrected chi connectivity index (χ1v) is 5.53. The molecule has 2 atom stereocenters. The van der Waals surface area contributed by atoms with Gasteiger partial charge >= 0.3 is 5.97 Å². The SMILES string of the molecule is CCOC(=O)C(C#N)=C1C[C@H](C)O[C@@H](C)C1. The number of ether oxygens (including phenoxy) is 2. The van der Waals surface area contributed by atoms with Crippen molar-refractivity contribution in [3.63, 3.8) is 0 Å². The molecule has 4 nitrogen and oxygen atoms in total. The molecule has 0 aromatic heterocycles. The highest BCUT2D eigenvalue weighted by atomic mass is 16.5. The van der Waals surface area contributed by atoms with E-state index in [2.05, 4.69) is 0 Å². The summed E-state index contributed by atoms with van der Waals surface area (Å²) in [5.41, 5.74) is 1.01. The van der Waals surface area contributed by atoms with Crippen LogP contribution in [0.2, 0.25) is 0 Å². The average molecular weight is 223 g/mol. The second-order valence-corrected chi connectivity index (χ2v) is 3.98. The normalized spacial score (nSPS) is 24.8. The molecule has 1 rings (SSSR count). The van der Waals surface area contributed by atoms with Crippen molar-refractivity contribution in [2.24, 2.45) is 0 Å². The first-order chi connectivity index (χ1) is 7.58. The van der Waals surface area contributed by atoms with Gasteiger partial charge in [0.1, 0.15) is 11.6 Å². The molecule has 0 N–H and O–H groups in total. The van der Waals surface area contributed by atoms with E-state index in [1.165, 1.54) is 0 Å². The molecule has 0 saturated carbocycles. The lowest BCUT2D eigenvalue weighted by atomic mass is 9.94. The molecule has 1 aliphatic heterocycles. The maximum Gasteiger partial charge on any atom is 0.348 e. The second kappa shape index (κ2) is 5.66. The minimum absolute atomic E-state index is 0.0523. The summed E-state index contributed by atoms with van der Waals surface area (Å²) in [6.45, 7) is 5.90. The minimum atomic E-state index is -0.513. The van der Waals surface area contributed by atoms with Gasteiger partial charge in [-0.15, -0.1) is 0 Å². The Bertz CT molecular complexity index is 329. The summed E-state index contributed by atoms with van der Waals surface area (Å²) in [6, 6.07) is 1.95. The van der Waals surface area contributed by atoms with Gasteiger partial charge in [-0.25, -0.2) is 4.79 Å². The molecule has 0 spiro atoms. The van der Waals surface area contributed by atoms with Gasteiger partial charge in [-0.2, -0.15) is 5.26 Å². The fourth-order valence-electron chi connectivity index (χ4n) is 1.95. The highest BCUT2D eigenvalue weighted by Gasteiger charge is 2.25. The first-order valence-electron chi connectivity index (χ1n) is 5.53. The fourth-order valence-corrected chi connectivity index (χ4v) is 1.95. The molecule has 1 saturated heterocycles. The largest absolute Gasteiger partial charge is 0.462 e. The molecule has 88 valence electrons. The van der Waals surface area contributed by atoms with Crippen LogP contribution in [0.1, 0.15) is 33.6 Å². The quantitative estimate of drug-likeness (QED) is 0.408. The van der Waals surface area contributed by atoms with Gasteiger partial charge in [0.05, 0.1) is 18.8 Å². The number of hydrogen-bond acceptors (Lipinski definition) is 4. The van der Waals surface area contributed by atoms with E-state index in [9.17, 15) is 4.79 Å². The molecule has 0 amide bonds. The van der Waals surface area contributed by atoms with Crippen molar-refractivity contribution in [3.8, 4) is 6.07 Å². The minimum Gasteiger partial charge on any atom is -0.462 e. The first kappa shape index (κ1) is 12.7. The summed E-state index contributed by atoms with van der Waals surface area (Å²) in [5.74, 6) is -0.513. The standard InChI is InChI=1S/C12H17NO3/c1-4-15-12(14)11(7-13)10-5-8(2)16-9(3)6-10/h8-9H,4-6H2,1-3H3/t8-,9-/m0/s1. The third-order valence-corrected chi connectivity index (χ3v) is 2.48. The zero-order chi connectivity index (χ0) is 12.1. The van der Waals surface area contributed by atoms with Crippen LogP contribution in [0.25, 0.3) is 0 Å². The highest BCUT2D eigenvalue weighted by molar-refractivity contribution is 5.93. The van der Waals surface area contributed by atoms with Gasteiger partial charge in [-0.05, 0) is 39.2 Å². The van der Waals surface area contributed by atoms with E-state index in [-0.39, 0.29) is 17.8 Å². The maximum atomic E-state index is 11.5. The topological polar surface area (TPSA) is 59.3 Å². The van der Waals surface area contributed by atoms with Gasteiger partial charge in [0.2, 0.25) is 0 Å². The van der Waals surface area contributed by atoms with Crippen LogP contribution in [0.4, 0.5) is 0 Å². The summed E-state index contributed by atoms with van der Waals surface area (Å²) >= 11 is 0. The lowest BCUT2D eigenvalue weighted by Gasteiger charge is -2.27. The third kappa shape index (κ3) is 3.07. The predicted octanol–water partition coefficient (Wildman–Crippen LogP) is 1.96. The molecule has 16 heavy (non-hydrogen) atoms. The molecule has 0 aromatic carbocycles. The zero-order valence-corrected chi connectivity index (χ0v) is 9.95. The Morgan fingerprint density at radius 3 is 2.50 bits per heavy atom. The number of carbonyl (C=O) groups is 1. The van der Waals surface area contributed by atoms with Crippen molar-refractivity contribution in [1.29, 1.82) is 5.26 Å². The van der Waals surface area contributed by atoms with Gasteiger partial charge in [0.25, 0.3) is 0 Å². The fraction of sp³-hybridized carbons (Fsp3) is 0.667. The van der Waals surface area contributed by atoms with Gasteiger partial charge in [-0.1, -0.05) is 0 Å². The van der Waals surface area contributed by atoms with Crippen LogP contribution < -0.4 is 0 Å². The van der Waals surface area contributed by atoms with E-state index in [1.54, 1.807) is 6.92 Å². The van der Waals surface area contributed by atoms with Crippen molar-refractivity contribution in [2.75, 3.05) is 6.61 Å². The molecule has 4 heteroatoms. The Hall–Kier alpha value is -1.34. The van der Waals surface area contributed by atoms with Crippen LogP contribution >= 0.6 is 0 Å². The third-order valence-electron chi connectivity index (χ3n) is 2.48. The van der Waals surface area contributed by atoms with Crippen LogP contribution in [0, 0.1) is 11.3 Å². The van der Waals surface area contributed by atoms with E-state index >= 15 is 0 Å². The van der Waals surface area contributed by atoms with E-state index < -0.39 is 5.97 Å². The van der Waals surface area contributed by atoms with E-state index in [4.69, 9.17) is 14.7 Å². The summed E-state index contributed by atoms with van der Waals surface area (Å²) < 4.78 is 10.4. The van der Waals surface area contributed by atoms with Crippen LogP contribution in [0.15, 0.2) is 11.1 Å². The molecule has 1 aliphatic rings. The molecular formula is C12H17NO3. The number of esters is 1. The Labute approximate surface area is 95.8 Å². The number of carbonyl (C=O) groups excluding carboxylic acids is 1. The lowest BCUT2D eigenvalue weighted by Crippen LogP contribution is -2.26. The summed E-state index contributed by atoms with van der Waals surface area (Å²) in [7, 11) is 0. The van der Waals surface area contributed by atoms with Gasteiger partial charge in [0, 0.05) is 0 Å². The summed E-state index contributed by atoms with van der Waals surface area (Å²) in [5, 5.41) is 9.00. The van der Waals surface area contributed by atoms with E-state index in [0.717, 1.165) is 5.57 Å². The van der Waals surface area contributed by atoms with Crippen LogP contribution in [0.3, 0.4) is 0 Å². The summed E-state index contributed by atoms with van der Waals surface area (Å²) in [4.78, 5) is 11.5. The Morgan fingerprint density at radius 1 is 1.50 bits per heavy atom. The molecule has 0 aromatic rings. The Balaban J connectivity index is 2.90. The average Bonchev–Trinajstić information content (AvgIpc) is 2.17. The highest BCUT2D eigenvalue weighted by Crippen LogP contribution is 2.26. The number of nitriles is 1. The second-order valence-electron chi connectivity index (χ2n) is 3.98. The van der Waals surface area contributed by atoms with Crippen molar-refractivity contribution in [1.82, 2.24) is 0 Å². The lowest BCUT2D eigenvalue weighted by molar-refractivity contribution is -0.138. The molecule has 0 aliphatic carbocycles. The zero-order valence-electron chi connectivity index (χ0n) is 9.95. The van der Waals surface area contributed by atoms with Crippen molar-refractivity contribution in [3.05, 3.63) is 11.1 Å². The molecule has 1 heterocycles. The van der Waals surface area contributed by atoms with Crippen LogP contribution in [0.5, 0.6) is 0 Å². The number of nitrogens with zero attached hydrogens (tertiary/aromatic N) is 1. The van der Waals surface area contributed by atoms with Crippen LogP contribution in [-0.2, 0) is 14.3 Å². The number of hydrogen-bond donors (Lipinski definition) is 0. The van der Waals surface area contributed by atoms with Crippen molar-refractivity contribution in [2.45, 2.75) is 45.8 Å². The van der Waals surface area contributed by atoms with Crippen LogP contribution in [-0.4, -0.2) is 24.8 Å². The van der Waals surface area contributed by atoms with Gasteiger partial charge in [0.15, 0.2) is 0 Å². The predicted molar refractivity (Wildman–Crippen MR) is 58.5 cm³/mol. The summed E-state index contributed by atoms with van der Waals surface area (Å²) in [6.07, 6.45) is 1.37. The molecule has 1 fully saturated rings. The smallest absolute Gasteiger partial charge is 0.348 e. The number of rotatable bonds is 2. The molecule has 0 unspecified atom stereocenters. The molecule has 0 bridgehead atoms. The Kier molecular flexibility index (Phi) is 4.51. The monoisotopic (exact) mass is 223 g/mol. The van der Waals surface area contributed by atoms with E-state index in [0.29, 0.717) is 19.4 Å². The van der Waals surface area contributed by atoms with Gasteiger partial charge in [-0.3, -0.25) is 0 Å². The van der Waals surface area contributed by atoms with Crippen molar-refractivity contribution < 1.29 is 14.3 Å².